The molecule has 172 valence electrons. The van der Waals surface area contributed by atoms with E-state index in [0.29, 0.717) is 19.3 Å². The summed E-state index contributed by atoms with van der Waals surface area (Å²) < 4.78 is 11.1. The zero-order valence-corrected chi connectivity index (χ0v) is 18.9. The highest BCUT2D eigenvalue weighted by atomic mass is 16.5. The van der Waals surface area contributed by atoms with Crippen LogP contribution in [0.3, 0.4) is 0 Å². The van der Waals surface area contributed by atoms with Gasteiger partial charge in [0.2, 0.25) is 5.78 Å². The predicted octanol–water partition coefficient (Wildman–Crippen LogP) is 2.12. The van der Waals surface area contributed by atoms with E-state index in [1.807, 2.05) is 6.92 Å². The minimum absolute atomic E-state index is 0.0295. The molecule has 4 aliphatic carbocycles. The lowest BCUT2D eigenvalue weighted by Gasteiger charge is -2.66. The standard InChI is InChI=1S/C24H34O7/c1-14(25)31-13-20(28)23(29)10-8-17-18-6-5-15-11-16(26)7-9-21(15,2)24(18,30-4)19(27)12-22(17,23)3/h11,17-19,27,29H,5-10,12-13H2,1-4H3/t17-,18-,19-,21-,22-,23+,24-/m0/s1. The number of ether oxygens (including phenoxy) is 2. The Bertz CT molecular complexity index is 849. The molecule has 0 aromatic rings. The molecule has 7 nitrogen and oxygen atoms in total. The highest BCUT2D eigenvalue weighted by molar-refractivity contribution is 5.92. The van der Waals surface area contributed by atoms with E-state index in [9.17, 15) is 24.6 Å². The summed E-state index contributed by atoms with van der Waals surface area (Å²) in [5.41, 5.74) is -2.80. The van der Waals surface area contributed by atoms with Gasteiger partial charge < -0.3 is 19.7 Å². The molecule has 3 saturated carbocycles. The molecule has 0 unspecified atom stereocenters. The number of aliphatic hydroxyl groups excluding tert-OH is 1. The third kappa shape index (κ3) is 2.79. The number of carbonyl (C=O) groups is 3. The molecule has 0 radical (unpaired) electrons. The molecule has 0 spiro atoms. The summed E-state index contributed by atoms with van der Waals surface area (Å²) in [5.74, 6) is -1.03. The number of carbonyl (C=O) groups excluding carboxylic acids is 3. The van der Waals surface area contributed by atoms with Crippen LogP contribution in [0.2, 0.25) is 0 Å². The van der Waals surface area contributed by atoms with Crippen LogP contribution in [0.25, 0.3) is 0 Å². The molecule has 0 aromatic carbocycles. The molecule has 0 aromatic heterocycles. The van der Waals surface area contributed by atoms with Gasteiger partial charge in [-0.3, -0.25) is 14.4 Å². The second-order valence-electron chi connectivity index (χ2n) is 10.5. The molecule has 0 amide bonds. The molecule has 3 fully saturated rings. The van der Waals surface area contributed by atoms with E-state index < -0.39 is 46.5 Å². The molecule has 4 aliphatic rings. The number of hydrogen-bond donors (Lipinski definition) is 2. The number of rotatable bonds is 4. The zero-order chi connectivity index (χ0) is 22.8. The van der Waals surface area contributed by atoms with Crippen molar-refractivity contribution in [3.8, 4) is 0 Å². The van der Waals surface area contributed by atoms with Crippen molar-refractivity contribution >= 4 is 17.5 Å². The number of fused-ring (bicyclic) bond motifs is 5. The van der Waals surface area contributed by atoms with E-state index in [-0.39, 0.29) is 30.5 Å². The first-order valence-corrected chi connectivity index (χ1v) is 11.3. The highest BCUT2D eigenvalue weighted by Gasteiger charge is 2.74. The number of ketones is 2. The Hall–Kier alpha value is -1.57. The molecule has 0 heterocycles. The molecular weight excluding hydrogens is 400 g/mol. The summed E-state index contributed by atoms with van der Waals surface area (Å²) in [4.78, 5) is 36.3. The summed E-state index contributed by atoms with van der Waals surface area (Å²) in [7, 11) is 1.64. The molecule has 31 heavy (non-hydrogen) atoms. The zero-order valence-electron chi connectivity index (χ0n) is 18.9. The van der Waals surface area contributed by atoms with E-state index in [1.54, 1.807) is 13.2 Å². The maximum Gasteiger partial charge on any atom is 0.303 e. The number of esters is 1. The number of aliphatic hydroxyl groups is 2. The monoisotopic (exact) mass is 434 g/mol. The smallest absolute Gasteiger partial charge is 0.303 e. The summed E-state index contributed by atoms with van der Waals surface area (Å²) in [6.07, 6.45) is 4.48. The molecule has 0 saturated heterocycles. The van der Waals surface area contributed by atoms with Crippen molar-refractivity contribution in [3.63, 3.8) is 0 Å². The number of Topliss-reactive ketones (excluding diaryl/α,β-unsaturated/α-hetero) is 1. The van der Waals surface area contributed by atoms with E-state index >= 15 is 0 Å². The molecular formula is C24H34O7. The Labute approximate surface area is 183 Å². The minimum Gasteiger partial charge on any atom is -0.458 e. The molecule has 4 rings (SSSR count). The number of methoxy groups -OCH3 is 1. The Kier molecular flexibility index (Phi) is 5.27. The lowest BCUT2D eigenvalue weighted by molar-refractivity contribution is -0.270. The van der Waals surface area contributed by atoms with Gasteiger partial charge in [0.25, 0.3) is 0 Å². The van der Waals surface area contributed by atoms with Gasteiger partial charge in [0, 0.05) is 31.3 Å². The molecule has 0 aliphatic heterocycles. The lowest BCUT2D eigenvalue weighted by Crippen LogP contribution is -2.72. The lowest BCUT2D eigenvalue weighted by atomic mass is 9.43. The average Bonchev–Trinajstić information content (AvgIpc) is 2.97. The second-order valence-corrected chi connectivity index (χ2v) is 10.5. The topological polar surface area (TPSA) is 110 Å². The van der Waals surface area contributed by atoms with Crippen molar-refractivity contribution in [1.82, 2.24) is 0 Å². The van der Waals surface area contributed by atoms with Gasteiger partial charge in [-0.2, -0.15) is 0 Å². The van der Waals surface area contributed by atoms with Crippen LogP contribution in [-0.4, -0.2) is 58.8 Å². The first-order valence-electron chi connectivity index (χ1n) is 11.3. The first kappa shape index (κ1) is 22.6. The summed E-state index contributed by atoms with van der Waals surface area (Å²) in [5, 5.41) is 23.2. The fraction of sp³-hybridized carbons (Fsp3) is 0.792. The largest absolute Gasteiger partial charge is 0.458 e. The van der Waals surface area contributed by atoms with Gasteiger partial charge in [-0.1, -0.05) is 19.4 Å². The van der Waals surface area contributed by atoms with Crippen LogP contribution in [0.5, 0.6) is 0 Å². The van der Waals surface area contributed by atoms with Crippen LogP contribution in [0, 0.1) is 22.7 Å². The van der Waals surface area contributed by atoms with Gasteiger partial charge in [-0.15, -0.1) is 0 Å². The SMILES string of the molecule is CO[C@]12[C@@H](O)C[C@@]3(C)[C@@H](CC[C@@]3(O)C(=O)COC(C)=O)[C@@H]1CCC1=CC(=O)CC[C@@]12C. The Morgan fingerprint density at radius 2 is 1.87 bits per heavy atom. The maximum absolute atomic E-state index is 13.0. The van der Waals surface area contributed by atoms with Gasteiger partial charge >= 0.3 is 5.97 Å². The van der Waals surface area contributed by atoms with Crippen LogP contribution in [0.15, 0.2) is 11.6 Å². The van der Waals surface area contributed by atoms with Crippen LogP contribution < -0.4 is 0 Å². The Balaban J connectivity index is 1.74. The van der Waals surface area contributed by atoms with Crippen molar-refractivity contribution in [2.45, 2.75) is 83.0 Å². The van der Waals surface area contributed by atoms with Gasteiger partial charge in [-0.25, -0.2) is 0 Å². The van der Waals surface area contributed by atoms with Crippen molar-refractivity contribution in [2.75, 3.05) is 13.7 Å². The summed E-state index contributed by atoms with van der Waals surface area (Å²) >= 11 is 0. The Morgan fingerprint density at radius 1 is 1.16 bits per heavy atom. The van der Waals surface area contributed by atoms with E-state index in [1.165, 1.54) is 6.92 Å². The second kappa shape index (κ2) is 7.22. The third-order valence-corrected chi connectivity index (χ3v) is 9.44. The average molecular weight is 435 g/mol. The van der Waals surface area contributed by atoms with Gasteiger partial charge in [-0.05, 0) is 56.4 Å². The highest BCUT2D eigenvalue weighted by Crippen LogP contribution is 2.70. The van der Waals surface area contributed by atoms with Crippen molar-refractivity contribution in [1.29, 1.82) is 0 Å². The van der Waals surface area contributed by atoms with Crippen LogP contribution >= 0.6 is 0 Å². The van der Waals surface area contributed by atoms with Crippen LogP contribution in [0.4, 0.5) is 0 Å². The van der Waals surface area contributed by atoms with Crippen LogP contribution in [-0.2, 0) is 23.9 Å². The quantitative estimate of drug-likeness (QED) is 0.652. The molecule has 7 heteroatoms. The molecule has 0 bridgehead atoms. The molecule has 7 atom stereocenters. The first-order chi connectivity index (χ1) is 14.5. The third-order valence-electron chi connectivity index (χ3n) is 9.44. The van der Waals surface area contributed by atoms with Crippen molar-refractivity contribution < 1.29 is 34.1 Å². The van der Waals surface area contributed by atoms with E-state index in [0.717, 1.165) is 18.4 Å². The maximum atomic E-state index is 13.0. The van der Waals surface area contributed by atoms with Gasteiger partial charge in [0.15, 0.2) is 12.4 Å². The molecule has 2 N–H and O–H groups in total. The van der Waals surface area contributed by atoms with E-state index in [4.69, 9.17) is 9.47 Å². The predicted molar refractivity (Wildman–Crippen MR) is 111 cm³/mol. The van der Waals surface area contributed by atoms with Crippen molar-refractivity contribution in [2.24, 2.45) is 22.7 Å². The normalized spacial score (nSPS) is 46.5. The van der Waals surface area contributed by atoms with Crippen molar-refractivity contribution in [3.05, 3.63) is 11.6 Å². The fourth-order valence-corrected chi connectivity index (χ4v) is 7.85. The number of hydrogen-bond acceptors (Lipinski definition) is 7. The summed E-state index contributed by atoms with van der Waals surface area (Å²) in [6.45, 7) is 4.75. The van der Waals surface area contributed by atoms with Gasteiger partial charge in [0.1, 0.15) is 11.2 Å². The summed E-state index contributed by atoms with van der Waals surface area (Å²) in [6, 6.07) is 0. The Morgan fingerprint density at radius 3 is 2.52 bits per heavy atom. The van der Waals surface area contributed by atoms with Gasteiger partial charge in [0.05, 0.1) is 6.10 Å². The van der Waals surface area contributed by atoms with E-state index in [2.05, 4.69) is 6.92 Å². The minimum atomic E-state index is -1.66. The van der Waals surface area contributed by atoms with Crippen LogP contribution in [0.1, 0.15) is 65.7 Å². The fourth-order valence-electron chi connectivity index (χ4n) is 7.85.